The van der Waals surface area contributed by atoms with E-state index in [1.165, 1.54) is 17.1 Å². The molecule has 0 saturated heterocycles. The normalized spacial score (nSPS) is 16.7. The van der Waals surface area contributed by atoms with Crippen molar-refractivity contribution in [1.29, 1.82) is 0 Å². The van der Waals surface area contributed by atoms with E-state index >= 15 is 4.39 Å². The molecule has 12 N–H and O–H groups in total. The topological polar surface area (TPSA) is 347 Å². The Morgan fingerprint density at radius 1 is 0.779 bits per heavy atom. The van der Waals surface area contributed by atoms with Gasteiger partial charge in [-0.2, -0.15) is 0 Å². The zero-order valence-corrected chi connectivity index (χ0v) is 49.7. The van der Waals surface area contributed by atoms with E-state index in [0.29, 0.717) is 62.7 Å². The number of amides is 10. The molecule has 23 nitrogen and oxygen atoms in total. The second kappa shape index (κ2) is 33.0. The summed E-state index contributed by atoms with van der Waals surface area (Å²) in [6.07, 6.45) is 7.52. The lowest BCUT2D eigenvalue weighted by atomic mass is 9.82. The second-order valence-corrected chi connectivity index (χ2v) is 23.5. The minimum Gasteiger partial charge on any atom is -0.480 e. The first-order valence-electron chi connectivity index (χ1n) is 29.4. The number of aromatic nitrogens is 1. The van der Waals surface area contributed by atoms with E-state index in [9.17, 15) is 62.5 Å². The van der Waals surface area contributed by atoms with E-state index in [1.807, 2.05) is 55.7 Å². The highest BCUT2D eigenvalue weighted by Crippen LogP contribution is 2.41. The van der Waals surface area contributed by atoms with Crippen molar-refractivity contribution in [3.63, 3.8) is 0 Å². The summed E-state index contributed by atoms with van der Waals surface area (Å²) in [5.41, 5.74) is 12.9. The van der Waals surface area contributed by atoms with E-state index in [-0.39, 0.29) is 82.2 Å². The van der Waals surface area contributed by atoms with Crippen LogP contribution < -0.4 is 43.4 Å². The van der Waals surface area contributed by atoms with E-state index in [1.54, 1.807) is 26.1 Å². The number of carbonyl (C=O) groups is 10. The van der Waals surface area contributed by atoms with Crippen molar-refractivity contribution < 1.29 is 66.9 Å². The smallest absolute Gasteiger partial charge is 0.326 e. The maximum absolute atomic E-state index is 15.2. The second-order valence-electron chi connectivity index (χ2n) is 23.5. The summed E-state index contributed by atoms with van der Waals surface area (Å²) in [4.78, 5) is 131. The summed E-state index contributed by atoms with van der Waals surface area (Å²) < 4.78 is 31.6. The van der Waals surface area contributed by atoms with Crippen molar-refractivity contribution in [2.45, 2.75) is 161 Å². The van der Waals surface area contributed by atoms with Crippen LogP contribution in [-0.4, -0.2) is 147 Å². The first kappa shape index (κ1) is 68.7. The maximum Gasteiger partial charge on any atom is 0.326 e. The van der Waals surface area contributed by atoms with Gasteiger partial charge in [0.25, 0.3) is 11.8 Å². The van der Waals surface area contributed by atoms with Gasteiger partial charge in [0, 0.05) is 86.3 Å². The molecule has 5 rings (SSSR count). The maximum atomic E-state index is 15.2. The summed E-state index contributed by atoms with van der Waals surface area (Å²) in [5, 5.41) is 36.4. The van der Waals surface area contributed by atoms with Crippen molar-refractivity contribution in [1.82, 2.24) is 46.3 Å². The molecule has 1 saturated carbocycles. The van der Waals surface area contributed by atoms with Gasteiger partial charge in [0.1, 0.15) is 36.4 Å². The van der Waals surface area contributed by atoms with Crippen molar-refractivity contribution in [2.24, 2.45) is 28.7 Å². The van der Waals surface area contributed by atoms with Gasteiger partial charge < -0.3 is 63.0 Å². The molecule has 2 aromatic carbocycles. The Morgan fingerprint density at radius 2 is 1.45 bits per heavy atom. The highest BCUT2D eigenvalue weighted by Gasteiger charge is 2.39. The van der Waals surface area contributed by atoms with Crippen LogP contribution in [0, 0.1) is 28.9 Å². The Balaban J connectivity index is 1.10. The molecule has 2 aliphatic rings. The van der Waals surface area contributed by atoms with Gasteiger partial charge in [0.15, 0.2) is 0 Å². The van der Waals surface area contributed by atoms with Crippen molar-refractivity contribution >= 4 is 59.3 Å². The number of hydrogen-bond acceptors (Lipinski definition) is 12. The number of hydrogen-bond donors (Lipinski definition) is 10. The number of nitrogens with one attached hydrogen (secondary N) is 6. The fourth-order valence-electron chi connectivity index (χ4n) is 10.7. The number of aliphatic hydroxyl groups excluding tert-OH is 1. The zero-order valence-electron chi connectivity index (χ0n) is 49.7. The average Bonchev–Trinajstić information content (AvgIpc) is 1.98. The number of carbonyl (C=O) groups excluding carboxylic acids is 9. The summed E-state index contributed by atoms with van der Waals surface area (Å²) in [5.74, 6) is -7.59. The SMILES string of the molecule is CC(C)C(NC(=O)CCCCCN1C(=O)C=CC1=O)C(=O)N[C@@H](CCCNC(N)=O)C(=O)N[C@@H](CCCCNC(=O)[C@@H]1CC[C@H](NC(=O)[C@@H](N)CCN(C(=O)CO)[C@@H](c2cc(-c3cc(F)ccc3F)cn2Cc2ccccc2)C(C)(C)C)C1)C(=O)O. The minimum absolute atomic E-state index is 0.00955. The number of aliphatic hydroxyl groups is 1. The van der Waals surface area contributed by atoms with Crippen LogP contribution in [0.5, 0.6) is 0 Å². The number of aliphatic carboxylic acids is 1. The summed E-state index contributed by atoms with van der Waals surface area (Å²) in [6, 6.07) is 7.59. The number of nitrogens with two attached hydrogens (primary N) is 2. The Morgan fingerprint density at radius 3 is 2.10 bits per heavy atom. The van der Waals surface area contributed by atoms with Gasteiger partial charge in [-0.15, -0.1) is 0 Å². The number of imide groups is 1. The predicted molar refractivity (Wildman–Crippen MR) is 314 cm³/mol. The molecule has 2 heterocycles. The van der Waals surface area contributed by atoms with Gasteiger partial charge in [0.05, 0.1) is 12.1 Å². The first-order valence-corrected chi connectivity index (χ1v) is 29.4. The van der Waals surface area contributed by atoms with Crippen molar-refractivity contribution in [3.8, 4) is 11.1 Å². The van der Waals surface area contributed by atoms with Gasteiger partial charge in [-0.1, -0.05) is 71.4 Å². The molecular formula is C61H85F2N11O12. The monoisotopic (exact) mass is 1200 g/mol. The summed E-state index contributed by atoms with van der Waals surface area (Å²) in [6.45, 7) is 8.98. The Labute approximate surface area is 500 Å². The lowest BCUT2D eigenvalue weighted by molar-refractivity contribution is -0.142. The van der Waals surface area contributed by atoms with Crippen LogP contribution >= 0.6 is 0 Å². The summed E-state index contributed by atoms with van der Waals surface area (Å²) >= 11 is 0. The average molecular weight is 1200 g/mol. The first-order chi connectivity index (χ1) is 40.8. The highest BCUT2D eigenvalue weighted by molar-refractivity contribution is 6.12. The van der Waals surface area contributed by atoms with Crippen LogP contribution in [0.25, 0.3) is 11.1 Å². The molecule has 0 spiro atoms. The third-order valence-corrected chi connectivity index (χ3v) is 15.3. The van der Waals surface area contributed by atoms with Gasteiger partial charge >= 0.3 is 12.0 Å². The molecule has 0 radical (unpaired) electrons. The quantitative estimate of drug-likeness (QED) is 0.0301. The molecule has 1 aliphatic carbocycles. The van der Waals surface area contributed by atoms with E-state index < -0.39 is 119 Å². The number of unbranched alkanes of at least 4 members (excludes halogenated alkanes) is 3. The molecule has 470 valence electrons. The third-order valence-electron chi connectivity index (χ3n) is 15.3. The lowest BCUT2D eigenvalue weighted by Crippen LogP contribution is -2.57. The lowest BCUT2D eigenvalue weighted by Gasteiger charge is -2.41. The molecule has 1 aromatic heterocycles. The molecule has 0 bridgehead atoms. The van der Waals surface area contributed by atoms with E-state index in [2.05, 4.69) is 31.9 Å². The third kappa shape index (κ3) is 20.9. The molecule has 25 heteroatoms. The van der Waals surface area contributed by atoms with Crippen LogP contribution in [-0.2, 0) is 49.7 Å². The van der Waals surface area contributed by atoms with Gasteiger partial charge in [-0.05, 0) is 112 Å². The van der Waals surface area contributed by atoms with Gasteiger partial charge in [-0.25, -0.2) is 18.4 Å². The van der Waals surface area contributed by atoms with Crippen molar-refractivity contribution in [3.05, 3.63) is 95.8 Å². The number of benzene rings is 2. The van der Waals surface area contributed by atoms with Gasteiger partial charge in [-0.3, -0.25) is 43.3 Å². The Hall–Kier alpha value is -8.06. The van der Waals surface area contributed by atoms with Crippen molar-refractivity contribution in [2.75, 3.05) is 32.8 Å². The summed E-state index contributed by atoms with van der Waals surface area (Å²) in [7, 11) is 0. The number of halogens is 2. The molecular weight excluding hydrogens is 1120 g/mol. The molecule has 86 heavy (non-hydrogen) atoms. The number of primary amides is 1. The standard InChI is InChI=1S/C61H85F2N11O12/c1-37(2)53(71-49(76)19-10-7-13-29-73-50(77)24-25-51(73)78)58(83)69-46(18-14-28-67-60(65)86)57(82)70-47(59(84)85)17-11-12-27-66-55(80)39-20-22-42(31-39)68-56(81)45(64)26-30-74(52(79)36-75)54(61(3,4)5)48-32-40(43-33-41(62)21-23-44(43)63)35-72(48)34-38-15-8-6-9-16-38/h6,8-9,15-16,21,23-25,32-33,35,37,39,42,45-47,53-54,75H,7,10-14,17-20,22,26-31,34,36,64H2,1-5H3,(H,66,80)(H,68,81)(H,69,83)(H,70,82)(H,71,76)(H,84,85)(H3,65,67,86)/t39-,42+,45+,46+,47+,53?,54+/m1/s1. The minimum atomic E-state index is -1.38. The molecule has 10 amide bonds. The van der Waals surface area contributed by atoms with E-state index in [0.717, 1.165) is 28.7 Å². The zero-order chi connectivity index (χ0) is 63.3. The number of rotatable bonds is 34. The molecule has 1 unspecified atom stereocenters. The number of carboxylic acids is 1. The highest BCUT2D eigenvalue weighted by atomic mass is 19.1. The largest absolute Gasteiger partial charge is 0.480 e. The fraction of sp³-hybridized carbons (Fsp3) is 0.541. The predicted octanol–water partition coefficient (Wildman–Crippen LogP) is 3.81. The molecule has 1 aliphatic heterocycles. The molecule has 1 fully saturated rings. The number of nitrogens with zero attached hydrogens (tertiary/aromatic N) is 3. The number of urea groups is 1. The molecule has 3 aromatic rings. The fourth-order valence-corrected chi connectivity index (χ4v) is 10.7. The Bertz CT molecular complexity index is 2880. The Kier molecular flexibility index (Phi) is 26.4. The van der Waals surface area contributed by atoms with Gasteiger partial charge in [0.2, 0.25) is 35.4 Å². The number of carboxylic acid groups (broad SMARTS) is 1. The van der Waals surface area contributed by atoms with Crippen LogP contribution in [0.2, 0.25) is 0 Å². The van der Waals surface area contributed by atoms with E-state index in [4.69, 9.17) is 11.5 Å². The van der Waals surface area contributed by atoms with Crippen LogP contribution in [0.15, 0.2) is 72.9 Å². The van der Waals surface area contributed by atoms with Crippen LogP contribution in [0.1, 0.15) is 135 Å². The van der Waals surface area contributed by atoms with Crippen LogP contribution in [0.4, 0.5) is 13.6 Å². The van der Waals surface area contributed by atoms with Crippen LogP contribution in [0.3, 0.4) is 0 Å². The molecule has 7 atom stereocenters.